The van der Waals surface area contributed by atoms with Crippen LogP contribution in [0.5, 0.6) is 5.75 Å². The van der Waals surface area contributed by atoms with Crippen molar-refractivity contribution in [2.24, 2.45) is 0 Å². The normalized spacial score (nSPS) is 22.2. The quantitative estimate of drug-likeness (QED) is 0.807. The van der Waals surface area contributed by atoms with E-state index in [-0.39, 0.29) is 12.2 Å². The Labute approximate surface area is 120 Å². The standard InChI is InChI=1S/C15H24N2O3/c1-4-5-20-13-7-11(16)6-12(8-13)17-9-14(18-2)15(10-17)19-3/h6-8,14-15H,4-5,9-10,16H2,1-3H3. The minimum atomic E-state index is 0.0847. The van der Waals surface area contributed by atoms with Gasteiger partial charge in [-0.2, -0.15) is 0 Å². The molecule has 2 N–H and O–H groups in total. The second-order valence-corrected chi connectivity index (χ2v) is 5.06. The first kappa shape index (κ1) is 14.9. The molecule has 0 bridgehead atoms. The molecule has 20 heavy (non-hydrogen) atoms. The zero-order chi connectivity index (χ0) is 14.5. The molecule has 0 spiro atoms. The van der Waals surface area contributed by atoms with Gasteiger partial charge in [0.25, 0.3) is 0 Å². The van der Waals surface area contributed by atoms with Crippen molar-refractivity contribution >= 4 is 11.4 Å². The highest BCUT2D eigenvalue weighted by atomic mass is 16.5. The van der Waals surface area contributed by atoms with Crippen LogP contribution in [0.1, 0.15) is 13.3 Å². The fourth-order valence-corrected chi connectivity index (χ4v) is 2.50. The largest absolute Gasteiger partial charge is 0.493 e. The first-order valence-corrected chi connectivity index (χ1v) is 7.01. The molecule has 0 aromatic heterocycles. The van der Waals surface area contributed by atoms with Crippen LogP contribution in [-0.2, 0) is 9.47 Å². The van der Waals surface area contributed by atoms with E-state index in [0.29, 0.717) is 12.3 Å². The van der Waals surface area contributed by atoms with Crippen LogP contribution in [0.3, 0.4) is 0 Å². The zero-order valence-electron chi connectivity index (χ0n) is 12.5. The number of nitrogens with zero attached hydrogens (tertiary/aromatic N) is 1. The Bertz CT molecular complexity index is 427. The van der Waals surface area contributed by atoms with Gasteiger partial charge >= 0.3 is 0 Å². The lowest BCUT2D eigenvalue weighted by atomic mass is 10.2. The van der Waals surface area contributed by atoms with Gasteiger partial charge in [0.15, 0.2) is 0 Å². The van der Waals surface area contributed by atoms with Gasteiger partial charge in [-0.3, -0.25) is 0 Å². The molecule has 0 radical (unpaired) electrons. The lowest BCUT2D eigenvalue weighted by Gasteiger charge is -2.19. The van der Waals surface area contributed by atoms with Crippen LogP contribution in [0.2, 0.25) is 0 Å². The maximum absolute atomic E-state index is 5.96. The zero-order valence-corrected chi connectivity index (χ0v) is 12.5. The van der Waals surface area contributed by atoms with E-state index in [1.165, 1.54) is 0 Å². The topological polar surface area (TPSA) is 57.0 Å². The molecule has 1 fully saturated rings. The maximum atomic E-state index is 5.96. The summed E-state index contributed by atoms with van der Waals surface area (Å²) in [7, 11) is 3.44. The van der Waals surface area contributed by atoms with Gasteiger partial charge in [0, 0.05) is 50.8 Å². The molecule has 1 aromatic rings. The highest BCUT2D eigenvalue weighted by Crippen LogP contribution is 2.29. The predicted octanol–water partition coefficient (Wildman–Crippen LogP) is 1.91. The minimum Gasteiger partial charge on any atom is -0.493 e. The first-order valence-electron chi connectivity index (χ1n) is 7.01. The van der Waals surface area contributed by atoms with Crippen LogP contribution in [-0.4, -0.2) is 46.1 Å². The molecule has 2 rings (SSSR count). The van der Waals surface area contributed by atoms with Gasteiger partial charge in [-0.1, -0.05) is 6.92 Å². The van der Waals surface area contributed by atoms with Crippen molar-refractivity contribution in [2.75, 3.05) is 44.5 Å². The van der Waals surface area contributed by atoms with E-state index in [2.05, 4.69) is 11.8 Å². The van der Waals surface area contributed by atoms with Crippen molar-refractivity contribution < 1.29 is 14.2 Å². The van der Waals surface area contributed by atoms with E-state index in [9.17, 15) is 0 Å². The highest BCUT2D eigenvalue weighted by Gasteiger charge is 2.33. The number of rotatable bonds is 6. The summed E-state index contributed by atoms with van der Waals surface area (Å²) in [6.07, 6.45) is 1.15. The van der Waals surface area contributed by atoms with Crippen LogP contribution < -0.4 is 15.4 Å². The highest BCUT2D eigenvalue weighted by molar-refractivity contribution is 5.61. The number of ether oxygens (including phenoxy) is 3. The molecule has 5 nitrogen and oxygen atoms in total. The Morgan fingerprint density at radius 3 is 2.35 bits per heavy atom. The first-order chi connectivity index (χ1) is 9.67. The van der Waals surface area contributed by atoms with Crippen molar-refractivity contribution in [1.82, 2.24) is 0 Å². The van der Waals surface area contributed by atoms with E-state index in [4.69, 9.17) is 19.9 Å². The van der Waals surface area contributed by atoms with Gasteiger partial charge in [0.05, 0.1) is 6.61 Å². The fourth-order valence-electron chi connectivity index (χ4n) is 2.50. The predicted molar refractivity (Wildman–Crippen MR) is 80.4 cm³/mol. The molecule has 2 unspecified atom stereocenters. The van der Waals surface area contributed by atoms with Crippen LogP contribution in [0.15, 0.2) is 18.2 Å². The molecule has 1 aromatic carbocycles. The number of hydrogen-bond donors (Lipinski definition) is 1. The Morgan fingerprint density at radius 1 is 1.15 bits per heavy atom. The van der Waals surface area contributed by atoms with Crippen molar-refractivity contribution in [3.63, 3.8) is 0 Å². The molecular formula is C15H24N2O3. The van der Waals surface area contributed by atoms with Crippen LogP contribution >= 0.6 is 0 Å². The Kier molecular flexibility index (Phi) is 5.09. The van der Waals surface area contributed by atoms with Gasteiger partial charge in [0.1, 0.15) is 18.0 Å². The smallest absolute Gasteiger partial charge is 0.123 e. The third-order valence-electron chi connectivity index (χ3n) is 3.57. The van der Waals surface area contributed by atoms with Crippen molar-refractivity contribution in [2.45, 2.75) is 25.6 Å². The molecule has 0 saturated carbocycles. The summed E-state index contributed by atoms with van der Waals surface area (Å²) < 4.78 is 16.6. The van der Waals surface area contributed by atoms with E-state index < -0.39 is 0 Å². The van der Waals surface area contributed by atoms with Crippen LogP contribution in [0, 0.1) is 0 Å². The Hall–Kier alpha value is -1.46. The monoisotopic (exact) mass is 280 g/mol. The summed E-state index contributed by atoms with van der Waals surface area (Å²) in [5.74, 6) is 0.816. The fraction of sp³-hybridized carbons (Fsp3) is 0.600. The third-order valence-corrected chi connectivity index (χ3v) is 3.57. The molecule has 1 heterocycles. The summed E-state index contributed by atoms with van der Waals surface area (Å²) in [6.45, 7) is 4.38. The SMILES string of the molecule is CCCOc1cc(N)cc(N2CC(OC)C(OC)C2)c1. The molecule has 1 aliphatic rings. The molecule has 0 amide bonds. The number of nitrogen functional groups attached to an aromatic ring is 1. The van der Waals surface area contributed by atoms with Crippen molar-refractivity contribution in [1.29, 1.82) is 0 Å². The molecule has 112 valence electrons. The van der Waals surface area contributed by atoms with Crippen molar-refractivity contribution in [3.05, 3.63) is 18.2 Å². The third kappa shape index (κ3) is 3.35. The summed E-state index contributed by atoms with van der Waals surface area (Å²) in [5.41, 5.74) is 7.73. The number of nitrogens with two attached hydrogens (primary N) is 1. The molecule has 1 aliphatic heterocycles. The molecule has 0 aliphatic carbocycles. The maximum Gasteiger partial charge on any atom is 0.123 e. The van der Waals surface area contributed by atoms with Gasteiger partial charge in [-0.25, -0.2) is 0 Å². The number of benzene rings is 1. The van der Waals surface area contributed by atoms with E-state index in [1.54, 1.807) is 14.2 Å². The summed E-state index contributed by atoms with van der Waals surface area (Å²) in [4.78, 5) is 2.22. The average Bonchev–Trinajstić information content (AvgIpc) is 2.88. The minimum absolute atomic E-state index is 0.0847. The second kappa shape index (κ2) is 6.81. The van der Waals surface area contributed by atoms with Gasteiger partial charge in [-0.15, -0.1) is 0 Å². The number of anilines is 2. The number of methoxy groups -OCH3 is 2. The summed E-state index contributed by atoms with van der Waals surface area (Å²) in [5, 5.41) is 0. The van der Waals surface area contributed by atoms with Gasteiger partial charge in [-0.05, 0) is 12.5 Å². The van der Waals surface area contributed by atoms with Crippen LogP contribution in [0.4, 0.5) is 11.4 Å². The lowest BCUT2D eigenvalue weighted by Crippen LogP contribution is -2.27. The Balaban J connectivity index is 2.14. The molecule has 2 atom stereocenters. The summed E-state index contributed by atoms with van der Waals surface area (Å²) in [6, 6.07) is 5.84. The molecule has 1 saturated heterocycles. The van der Waals surface area contributed by atoms with Crippen molar-refractivity contribution in [3.8, 4) is 5.75 Å². The van der Waals surface area contributed by atoms with E-state index in [0.717, 1.165) is 30.9 Å². The van der Waals surface area contributed by atoms with E-state index >= 15 is 0 Å². The average molecular weight is 280 g/mol. The summed E-state index contributed by atoms with van der Waals surface area (Å²) >= 11 is 0. The lowest BCUT2D eigenvalue weighted by molar-refractivity contribution is -0.00461. The van der Waals surface area contributed by atoms with Crippen LogP contribution in [0.25, 0.3) is 0 Å². The van der Waals surface area contributed by atoms with Gasteiger partial charge in [0.2, 0.25) is 0 Å². The molecular weight excluding hydrogens is 256 g/mol. The second-order valence-electron chi connectivity index (χ2n) is 5.06. The van der Waals surface area contributed by atoms with E-state index in [1.807, 2.05) is 18.2 Å². The molecule has 5 heteroatoms. The number of hydrogen-bond acceptors (Lipinski definition) is 5. The van der Waals surface area contributed by atoms with Gasteiger partial charge < -0.3 is 24.8 Å². The Morgan fingerprint density at radius 2 is 1.80 bits per heavy atom.